The molecule has 2 aromatic carbocycles. The predicted molar refractivity (Wildman–Crippen MR) is 105 cm³/mol. The molecule has 3 rings (SSSR count). The first-order valence-corrected chi connectivity index (χ1v) is 8.94. The molecule has 0 bridgehead atoms. The molecule has 27 heavy (non-hydrogen) atoms. The summed E-state index contributed by atoms with van der Waals surface area (Å²) in [7, 11) is 0. The number of pyridine rings is 1. The lowest BCUT2D eigenvalue weighted by atomic mass is 10.1. The number of rotatable bonds is 3. The number of nitrogens with zero attached hydrogens (tertiary/aromatic N) is 1. The summed E-state index contributed by atoms with van der Waals surface area (Å²) in [6.07, 6.45) is 0. The fraction of sp³-hybridized carbons (Fsp3) is 0.105. The van der Waals surface area contributed by atoms with Crippen LogP contribution in [0.3, 0.4) is 0 Å². The highest BCUT2D eigenvalue weighted by Gasteiger charge is 2.22. The van der Waals surface area contributed by atoms with Crippen LogP contribution in [0.2, 0.25) is 0 Å². The third-order valence-corrected chi connectivity index (χ3v) is 4.79. The Morgan fingerprint density at radius 1 is 1.04 bits per heavy atom. The molecule has 2 amide bonds. The number of aromatic nitrogens is 1. The van der Waals surface area contributed by atoms with E-state index in [0.717, 1.165) is 0 Å². The Balaban J connectivity index is 1.93. The summed E-state index contributed by atoms with van der Waals surface area (Å²) >= 11 is 3.25. The van der Waals surface area contributed by atoms with Crippen molar-refractivity contribution in [2.75, 3.05) is 0 Å². The number of para-hydroxylation sites is 1. The van der Waals surface area contributed by atoms with Crippen molar-refractivity contribution in [2.24, 2.45) is 0 Å². The quantitative estimate of drug-likeness (QED) is 0.556. The summed E-state index contributed by atoms with van der Waals surface area (Å²) < 4.78 is 1.94. The van der Waals surface area contributed by atoms with Crippen LogP contribution >= 0.6 is 15.9 Å². The maximum atomic E-state index is 12.7. The lowest BCUT2D eigenvalue weighted by Gasteiger charge is -2.14. The summed E-state index contributed by atoms with van der Waals surface area (Å²) in [6, 6.07) is 13.4. The Hall–Kier alpha value is -3.13. The highest BCUT2D eigenvalue weighted by atomic mass is 79.9. The maximum absolute atomic E-state index is 12.7. The van der Waals surface area contributed by atoms with Crippen molar-refractivity contribution in [1.82, 2.24) is 15.4 Å². The van der Waals surface area contributed by atoms with Gasteiger partial charge in [0.1, 0.15) is 11.3 Å². The van der Waals surface area contributed by atoms with Crippen LogP contribution < -0.4 is 16.4 Å². The van der Waals surface area contributed by atoms with E-state index in [1.54, 1.807) is 55.5 Å². The minimum Gasteiger partial charge on any atom is -0.506 e. The van der Waals surface area contributed by atoms with Gasteiger partial charge in [0, 0.05) is 16.4 Å². The van der Waals surface area contributed by atoms with Crippen LogP contribution in [0.15, 0.2) is 57.8 Å². The summed E-state index contributed by atoms with van der Waals surface area (Å²) in [5.74, 6) is -1.88. The molecule has 3 aromatic rings. The van der Waals surface area contributed by atoms with E-state index in [4.69, 9.17) is 0 Å². The van der Waals surface area contributed by atoms with Crippen molar-refractivity contribution in [3.63, 3.8) is 0 Å². The monoisotopic (exact) mass is 429 g/mol. The molecule has 1 heterocycles. The number of nitrogens with one attached hydrogen (secondary N) is 2. The van der Waals surface area contributed by atoms with Gasteiger partial charge in [-0.2, -0.15) is 0 Å². The van der Waals surface area contributed by atoms with Gasteiger partial charge in [-0.3, -0.25) is 25.2 Å². The highest BCUT2D eigenvalue weighted by Crippen LogP contribution is 2.26. The molecule has 3 N–H and O–H groups in total. The molecular weight excluding hydrogens is 414 g/mol. The van der Waals surface area contributed by atoms with Gasteiger partial charge in [0.15, 0.2) is 0 Å². The number of benzene rings is 2. The Bertz CT molecular complexity index is 1110. The number of hydrogen-bond donors (Lipinski definition) is 3. The van der Waals surface area contributed by atoms with Crippen LogP contribution in [0.1, 0.15) is 27.6 Å². The van der Waals surface area contributed by atoms with Crippen LogP contribution in [0, 0.1) is 0 Å². The van der Waals surface area contributed by atoms with Crippen molar-refractivity contribution in [3.05, 3.63) is 74.5 Å². The average molecular weight is 430 g/mol. The van der Waals surface area contributed by atoms with Gasteiger partial charge in [-0.05, 0) is 47.1 Å². The fourth-order valence-corrected chi connectivity index (χ4v) is 3.26. The van der Waals surface area contributed by atoms with Crippen molar-refractivity contribution in [3.8, 4) is 5.75 Å². The predicted octanol–water partition coefficient (Wildman–Crippen LogP) is 2.56. The molecule has 0 saturated carbocycles. The zero-order valence-corrected chi connectivity index (χ0v) is 15.9. The van der Waals surface area contributed by atoms with Crippen LogP contribution in [0.5, 0.6) is 5.75 Å². The van der Waals surface area contributed by atoms with Crippen LogP contribution in [-0.2, 0) is 6.54 Å². The lowest BCUT2D eigenvalue weighted by molar-refractivity contribution is 0.0843. The van der Waals surface area contributed by atoms with Crippen LogP contribution in [0.25, 0.3) is 10.9 Å². The van der Waals surface area contributed by atoms with Gasteiger partial charge in [-0.15, -0.1) is 0 Å². The van der Waals surface area contributed by atoms with Crippen LogP contribution in [-0.4, -0.2) is 21.5 Å². The Morgan fingerprint density at radius 3 is 2.37 bits per heavy atom. The number of hydrogen-bond acceptors (Lipinski definition) is 4. The molecule has 0 fully saturated rings. The standard InChI is InChI=1S/C19H16BrN3O4/c1-2-23-14-10-6-4-8-12(14)16(24)15(19(23)27)18(26)22-21-17(25)11-7-3-5-9-13(11)20/h3-10,24H,2H2,1H3,(H,21,25)(H,22,26). The summed E-state index contributed by atoms with van der Waals surface area (Å²) in [5.41, 5.74) is 4.21. The van der Waals surface area contributed by atoms with Gasteiger partial charge in [0.25, 0.3) is 17.4 Å². The third-order valence-electron chi connectivity index (χ3n) is 4.10. The second-order valence-electron chi connectivity index (χ2n) is 5.68. The number of aryl methyl sites for hydroxylation is 1. The second kappa shape index (κ2) is 7.63. The van der Waals surface area contributed by atoms with E-state index in [-0.39, 0.29) is 0 Å². The zero-order chi connectivity index (χ0) is 19.6. The number of aromatic hydroxyl groups is 1. The number of hydrazine groups is 1. The molecule has 0 saturated heterocycles. The average Bonchev–Trinajstić information content (AvgIpc) is 2.67. The maximum Gasteiger partial charge on any atom is 0.279 e. The van der Waals surface area contributed by atoms with Gasteiger partial charge in [0.2, 0.25) is 0 Å². The summed E-state index contributed by atoms with van der Waals surface area (Å²) in [5, 5.41) is 10.8. The molecule has 138 valence electrons. The van der Waals surface area contributed by atoms with E-state index in [1.165, 1.54) is 4.57 Å². The fourth-order valence-electron chi connectivity index (χ4n) is 2.80. The van der Waals surface area contributed by atoms with Gasteiger partial charge < -0.3 is 9.67 Å². The topological polar surface area (TPSA) is 100 Å². The Morgan fingerprint density at radius 2 is 1.67 bits per heavy atom. The van der Waals surface area contributed by atoms with E-state index >= 15 is 0 Å². The first-order valence-electron chi connectivity index (χ1n) is 8.15. The SMILES string of the molecule is CCn1c(=O)c(C(=O)NNC(=O)c2ccccc2Br)c(O)c2ccccc21. The van der Waals surface area contributed by atoms with Crippen molar-refractivity contribution < 1.29 is 14.7 Å². The minimum atomic E-state index is -0.897. The number of fused-ring (bicyclic) bond motifs is 1. The van der Waals surface area contributed by atoms with E-state index in [0.29, 0.717) is 27.5 Å². The van der Waals surface area contributed by atoms with Gasteiger partial charge in [-0.25, -0.2) is 0 Å². The van der Waals surface area contributed by atoms with E-state index in [9.17, 15) is 19.5 Å². The van der Waals surface area contributed by atoms with Crippen molar-refractivity contribution in [1.29, 1.82) is 0 Å². The lowest BCUT2D eigenvalue weighted by Crippen LogP contribution is -2.44. The first kappa shape index (κ1) is 18.7. The molecule has 0 aliphatic carbocycles. The zero-order valence-electron chi connectivity index (χ0n) is 14.3. The largest absolute Gasteiger partial charge is 0.506 e. The molecular formula is C19H16BrN3O4. The number of carbonyl (C=O) groups is 2. The number of halogens is 1. The normalized spacial score (nSPS) is 10.6. The molecule has 8 heteroatoms. The molecule has 0 radical (unpaired) electrons. The van der Waals surface area contributed by atoms with Gasteiger partial charge >= 0.3 is 0 Å². The minimum absolute atomic E-state index is 0.312. The molecule has 0 unspecified atom stereocenters. The smallest absolute Gasteiger partial charge is 0.279 e. The summed E-state index contributed by atoms with van der Waals surface area (Å²) in [4.78, 5) is 37.4. The second-order valence-corrected chi connectivity index (χ2v) is 6.53. The molecule has 0 spiro atoms. The third kappa shape index (κ3) is 3.43. The van der Waals surface area contributed by atoms with Crippen LogP contribution in [0.4, 0.5) is 0 Å². The molecule has 0 aliphatic rings. The Kier molecular flexibility index (Phi) is 5.27. The molecule has 0 atom stereocenters. The van der Waals surface area contributed by atoms with E-state index in [1.807, 2.05) is 0 Å². The van der Waals surface area contributed by atoms with Gasteiger partial charge in [0.05, 0.1) is 11.1 Å². The molecule has 7 nitrogen and oxygen atoms in total. The molecule has 1 aromatic heterocycles. The van der Waals surface area contributed by atoms with Crippen molar-refractivity contribution in [2.45, 2.75) is 13.5 Å². The van der Waals surface area contributed by atoms with E-state index in [2.05, 4.69) is 26.8 Å². The number of amides is 2. The Labute approximate surface area is 162 Å². The van der Waals surface area contributed by atoms with Gasteiger partial charge in [-0.1, -0.05) is 24.3 Å². The highest BCUT2D eigenvalue weighted by molar-refractivity contribution is 9.10. The molecule has 0 aliphatic heterocycles. The van der Waals surface area contributed by atoms with Crippen molar-refractivity contribution >= 4 is 38.6 Å². The first-order chi connectivity index (χ1) is 13.0. The number of carbonyl (C=O) groups excluding carboxylic acids is 2. The summed E-state index contributed by atoms with van der Waals surface area (Å²) in [6.45, 7) is 2.09. The van der Waals surface area contributed by atoms with E-state index < -0.39 is 28.7 Å².